The van der Waals surface area contributed by atoms with E-state index in [1.54, 1.807) is 32.4 Å². The zero-order chi connectivity index (χ0) is 16.2. The second-order valence-corrected chi connectivity index (χ2v) is 6.09. The molecular formula is C16H26ClN3O3. The van der Waals surface area contributed by atoms with Gasteiger partial charge < -0.3 is 20.5 Å². The number of carbonyl (C=O) groups excluding carboxylic acids is 1. The number of rotatable bonds is 6. The molecule has 1 amide bonds. The van der Waals surface area contributed by atoms with E-state index in [1.165, 1.54) is 0 Å². The van der Waals surface area contributed by atoms with Gasteiger partial charge in [-0.15, -0.1) is 12.4 Å². The smallest absolute Gasteiger partial charge is 0.238 e. The van der Waals surface area contributed by atoms with Crippen molar-refractivity contribution in [1.29, 1.82) is 0 Å². The summed E-state index contributed by atoms with van der Waals surface area (Å²) in [5, 5.41) is 2.89. The van der Waals surface area contributed by atoms with Gasteiger partial charge >= 0.3 is 0 Å². The predicted octanol–water partition coefficient (Wildman–Crippen LogP) is 1.73. The SMILES string of the molecule is COc1ccc(OC)c(NC(=O)CN2CCC(C)(CN)C2)c1.Cl. The number of carbonyl (C=O) groups is 1. The minimum Gasteiger partial charge on any atom is -0.497 e. The van der Waals surface area contributed by atoms with E-state index in [0.717, 1.165) is 19.5 Å². The van der Waals surface area contributed by atoms with Crippen molar-refractivity contribution in [2.75, 3.05) is 45.7 Å². The fraction of sp³-hybridized carbons (Fsp3) is 0.562. The zero-order valence-corrected chi connectivity index (χ0v) is 14.7. The number of nitrogens with zero attached hydrogens (tertiary/aromatic N) is 1. The number of amides is 1. The van der Waals surface area contributed by atoms with E-state index < -0.39 is 0 Å². The zero-order valence-electron chi connectivity index (χ0n) is 13.9. The van der Waals surface area contributed by atoms with Gasteiger partial charge in [0.2, 0.25) is 5.91 Å². The van der Waals surface area contributed by atoms with Crippen LogP contribution in [-0.4, -0.2) is 51.2 Å². The maximum atomic E-state index is 12.3. The lowest BCUT2D eigenvalue weighted by Crippen LogP contribution is -2.35. The molecular weight excluding hydrogens is 318 g/mol. The van der Waals surface area contributed by atoms with Gasteiger partial charge in [0.25, 0.3) is 0 Å². The van der Waals surface area contributed by atoms with Gasteiger partial charge in [0.05, 0.1) is 26.5 Å². The van der Waals surface area contributed by atoms with Crippen LogP contribution in [0.25, 0.3) is 0 Å². The van der Waals surface area contributed by atoms with Crippen molar-refractivity contribution in [1.82, 2.24) is 4.90 Å². The van der Waals surface area contributed by atoms with Crippen molar-refractivity contribution in [3.05, 3.63) is 18.2 Å². The summed E-state index contributed by atoms with van der Waals surface area (Å²) in [7, 11) is 3.16. The molecule has 1 aromatic rings. The summed E-state index contributed by atoms with van der Waals surface area (Å²) < 4.78 is 10.4. The number of nitrogens with two attached hydrogens (primary N) is 1. The van der Waals surface area contributed by atoms with Gasteiger partial charge in [0.1, 0.15) is 11.5 Å². The molecule has 130 valence electrons. The fourth-order valence-electron chi connectivity index (χ4n) is 2.73. The van der Waals surface area contributed by atoms with Crippen LogP contribution in [-0.2, 0) is 4.79 Å². The van der Waals surface area contributed by atoms with E-state index in [2.05, 4.69) is 17.1 Å². The molecule has 7 heteroatoms. The van der Waals surface area contributed by atoms with Crippen molar-refractivity contribution in [2.45, 2.75) is 13.3 Å². The van der Waals surface area contributed by atoms with Crippen molar-refractivity contribution >= 4 is 24.0 Å². The van der Waals surface area contributed by atoms with E-state index in [1.807, 2.05) is 0 Å². The Labute approximate surface area is 143 Å². The molecule has 1 fully saturated rings. The summed E-state index contributed by atoms with van der Waals surface area (Å²) in [5.74, 6) is 1.23. The molecule has 0 spiro atoms. The number of hydrogen-bond acceptors (Lipinski definition) is 5. The van der Waals surface area contributed by atoms with Gasteiger partial charge in [0.15, 0.2) is 0 Å². The Kier molecular flexibility index (Phi) is 7.12. The number of nitrogens with one attached hydrogen (secondary N) is 1. The van der Waals surface area contributed by atoms with E-state index in [-0.39, 0.29) is 23.7 Å². The molecule has 1 aliphatic rings. The van der Waals surface area contributed by atoms with Crippen molar-refractivity contribution < 1.29 is 14.3 Å². The van der Waals surface area contributed by atoms with E-state index >= 15 is 0 Å². The molecule has 1 aromatic carbocycles. The Morgan fingerprint density at radius 1 is 1.39 bits per heavy atom. The Morgan fingerprint density at radius 2 is 2.13 bits per heavy atom. The average molecular weight is 344 g/mol. The van der Waals surface area contributed by atoms with E-state index in [9.17, 15) is 4.79 Å². The first-order chi connectivity index (χ1) is 10.5. The minimum atomic E-state index is -0.0622. The van der Waals surface area contributed by atoms with Crippen LogP contribution < -0.4 is 20.5 Å². The van der Waals surface area contributed by atoms with Crippen LogP contribution in [0.15, 0.2) is 18.2 Å². The Bertz CT molecular complexity index is 541. The second kappa shape index (κ2) is 8.38. The molecule has 1 unspecified atom stereocenters. The first-order valence-electron chi connectivity index (χ1n) is 7.44. The number of likely N-dealkylation sites (tertiary alicyclic amines) is 1. The fourth-order valence-corrected chi connectivity index (χ4v) is 2.73. The molecule has 23 heavy (non-hydrogen) atoms. The Balaban J connectivity index is 0.00000264. The summed E-state index contributed by atoms with van der Waals surface area (Å²) in [6.07, 6.45) is 1.03. The monoisotopic (exact) mass is 343 g/mol. The molecule has 1 saturated heterocycles. The molecule has 0 radical (unpaired) electrons. The third-order valence-electron chi connectivity index (χ3n) is 4.18. The van der Waals surface area contributed by atoms with Gasteiger partial charge in [-0.25, -0.2) is 0 Å². The summed E-state index contributed by atoms with van der Waals surface area (Å²) >= 11 is 0. The minimum absolute atomic E-state index is 0. The van der Waals surface area contributed by atoms with Gasteiger partial charge in [-0.3, -0.25) is 9.69 Å². The lowest BCUT2D eigenvalue weighted by Gasteiger charge is -2.22. The normalized spacial score (nSPS) is 20.7. The predicted molar refractivity (Wildman–Crippen MR) is 93.6 cm³/mol. The summed E-state index contributed by atoms with van der Waals surface area (Å²) in [5.41, 5.74) is 6.53. The van der Waals surface area contributed by atoms with Gasteiger partial charge in [-0.2, -0.15) is 0 Å². The summed E-state index contributed by atoms with van der Waals surface area (Å²) in [4.78, 5) is 14.4. The highest BCUT2D eigenvalue weighted by molar-refractivity contribution is 5.94. The molecule has 0 bridgehead atoms. The van der Waals surface area contributed by atoms with Crippen molar-refractivity contribution in [3.8, 4) is 11.5 Å². The Morgan fingerprint density at radius 3 is 2.70 bits per heavy atom. The maximum absolute atomic E-state index is 12.3. The van der Waals surface area contributed by atoms with Gasteiger partial charge in [0, 0.05) is 12.6 Å². The third kappa shape index (κ3) is 4.99. The van der Waals surface area contributed by atoms with E-state index in [0.29, 0.717) is 30.3 Å². The van der Waals surface area contributed by atoms with Crippen LogP contribution >= 0.6 is 12.4 Å². The number of halogens is 1. The molecule has 0 aromatic heterocycles. The first-order valence-corrected chi connectivity index (χ1v) is 7.44. The second-order valence-electron chi connectivity index (χ2n) is 6.09. The van der Waals surface area contributed by atoms with Crippen LogP contribution in [0.4, 0.5) is 5.69 Å². The number of benzene rings is 1. The molecule has 6 nitrogen and oxygen atoms in total. The number of ether oxygens (including phenoxy) is 2. The largest absolute Gasteiger partial charge is 0.497 e. The van der Waals surface area contributed by atoms with Crippen LogP contribution in [0.1, 0.15) is 13.3 Å². The lowest BCUT2D eigenvalue weighted by atomic mass is 9.90. The van der Waals surface area contributed by atoms with Crippen LogP contribution in [0, 0.1) is 5.41 Å². The topological polar surface area (TPSA) is 76.8 Å². The molecule has 2 rings (SSSR count). The average Bonchev–Trinajstić information content (AvgIpc) is 2.88. The van der Waals surface area contributed by atoms with Crippen LogP contribution in [0.2, 0.25) is 0 Å². The Hall–Kier alpha value is -1.50. The summed E-state index contributed by atoms with van der Waals surface area (Å²) in [6, 6.07) is 5.32. The lowest BCUT2D eigenvalue weighted by molar-refractivity contribution is -0.117. The van der Waals surface area contributed by atoms with Crippen LogP contribution in [0.5, 0.6) is 11.5 Å². The maximum Gasteiger partial charge on any atom is 0.238 e. The van der Waals surface area contributed by atoms with Gasteiger partial charge in [-0.05, 0) is 37.1 Å². The molecule has 0 aliphatic carbocycles. The number of anilines is 1. The van der Waals surface area contributed by atoms with Crippen molar-refractivity contribution in [3.63, 3.8) is 0 Å². The first kappa shape index (κ1) is 19.5. The van der Waals surface area contributed by atoms with Crippen molar-refractivity contribution in [2.24, 2.45) is 11.1 Å². The quantitative estimate of drug-likeness (QED) is 0.822. The van der Waals surface area contributed by atoms with E-state index in [4.69, 9.17) is 15.2 Å². The molecule has 1 aliphatic heterocycles. The highest BCUT2D eigenvalue weighted by Gasteiger charge is 2.33. The molecule has 0 saturated carbocycles. The number of hydrogen-bond donors (Lipinski definition) is 2. The summed E-state index contributed by atoms with van der Waals surface area (Å²) in [6.45, 7) is 4.92. The highest BCUT2D eigenvalue weighted by Crippen LogP contribution is 2.30. The molecule has 3 N–H and O–H groups in total. The van der Waals surface area contributed by atoms with Gasteiger partial charge in [-0.1, -0.05) is 6.92 Å². The standard InChI is InChI=1S/C16H25N3O3.ClH/c1-16(10-17)6-7-19(11-16)9-15(20)18-13-8-12(21-2)4-5-14(13)22-3;/h4-5,8H,6-7,9-11,17H2,1-3H3,(H,18,20);1H. The highest BCUT2D eigenvalue weighted by atomic mass is 35.5. The third-order valence-corrected chi connectivity index (χ3v) is 4.18. The molecule has 1 atom stereocenters. The van der Waals surface area contributed by atoms with Crippen LogP contribution in [0.3, 0.4) is 0 Å². The number of methoxy groups -OCH3 is 2. The molecule has 1 heterocycles.